The molecule has 0 unspecified atom stereocenters. The van der Waals surface area contributed by atoms with Crippen molar-refractivity contribution < 1.29 is 4.79 Å². The van der Waals surface area contributed by atoms with Gasteiger partial charge in [-0.15, -0.1) is 0 Å². The molecule has 0 saturated heterocycles. The van der Waals surface area contributed by atoms with E-state index >= 15 is 0 Å². The molecule has 4 heteroatoms. The smallest absolute Gasteiger partial charge is 0.163 e. The molecule has 1 aliphatic carbocycles. The van der Waals surface area contributed by atoms with Crippen molar-refractivity contribution in [3.05, 3.63) is 106 Å². The third-order valence-electron chi connectivity index (χ3n) is 5.92. The first-order chi connectivity index (χ1) is 14.7. The molecule has 5 rings (SSSR count). The molecule has 0 fully saturated rings. The van der Waals surface area contributed by atoms with Crippen molar-refractivity contribution >= 4 is 28.8 Å². The summed E-state index contributed by atoms with van der Waals surface area (Å²) in [5.41, 5.74) is 6.40. The molecule has 30 heavy (non-hydrogen) atoms. The van der Waals surface area contributed by atoms with Crippen molar-refractivity contribution in [1.82, 2.24) is 0 Å². The topological polar surface area (TPSA) is 32.3 Å². The fraction of sp³-hybridized carbons (Fsp3) is 0.192. The lowest BCUT2D eigenvalue weighted by atomic mass is 9.85. The first-order valence-electron chi connectivity index (χ1n) is 10.4. The number of rotatable bonds is 3. The molecule has 0 bridgehead atoms. The fourth-order valence-corrected chi connectivity index (χ4v) is 4.67. The minimum Gasteiger partial charge on any atom is -0.357 e. The maximum atomic E-state index is 13.2. The summed E-state index contributed by atoms with van der Waals surface area (Å²) in [5, 5.41) is 4.34. The molecule has 1 N–H and O–H groups in total. The monoisotopic (exact) mass is 414 g/mol. The molecule has 3 aromatic rings. The van der Waals surface area contributed by atoms with Crippen LogP contribution < -0.4 is 10.2 Å². The number of hydrogen-bond acceptors (Lipinski definition) is 3. The Morgan fingerprint density at radius 3 is 2.43 bits per heavy atom. The first kappa shape index (κ1) is 19.0. The molecule has 3 nitrogen and oxygen atoms in total. The van der Waals surface area contributed by atoms with Crippen molar-refractivity contribution in [2.24, 2.45) is 0 Å². The second-order valence-corrected chi connectivity index (χ2v) is 8.32. The molecule has 150 valence electrons. The first-order valence-corrected chi connectivity index (χ1v) is 10.8. The number of fused-ring (bicyclic) bond motifs is 1. The summed E-state index contributed by atoms with van der Waals surface area (Å²) < 4.78 is 0. The van der Waals surface area contributed by atoms with E-state index in [1.165, 1.54) is 0 Å². The van der Waals surface area contributed by atoms with Crippen molar-refractivity contribution in [3.63, 3.8) is 0 Å². The zero-order valence-corrected chi connectivity index (χ0v) is 17.4. The molecule has 0 saturated carbocycles. The SMILES string of the molecule is O=C1CCCC2=C1[C@H](c1ccccc1)N(Cc1ccc(Cl)cc1)c1ccccc1N2. The van der Waals surface area contributed by atoms with Gasteiger partial charge in [-0.1, -0.05) is 66.2 Å². The van der Waals surface area contributed by atoms with Gasteiger partial charge in [-0.05, 0) is 48.2 Å². The van der Waals surface area contributed by atoms with Gasteiger partial charge in [0.1, 0.15) is 0 Å². The molecular weight excluding hydrogens is 392 g/mol. The second-order valence-electron chi connectivity index (χ2n) is 7.88. The Kier molecular flexibility index (Phi) is 5.06. The number of para-hydroxylation sites is 2. The maximum absolute atomic E-state index is 13.2. The van der Waals surface area contributed by atoms with Gasteiger partial charge in [-0.25, -0.2) is 0 Å². The van der Waals surface area contributed by atoms with Crippen LogP contribution in [0.5, 0.6) is 0 Å². The van der Waals surface area contributed by atoms with Crippen LogP contribution in [-0.4, -0.2) is 5.78 Å². The van der Waals surface area contributed by atoms with E-state index in [0.717, 1.165) is 51.6 Å². The second kappa shape index (κ2) is 8.00. The number of anilines is 2. The number of nitrogens with one attached hydrogen (secondary N) is 1. The molecule has 0 radical (unpaired) electrons. The van der Waals surface area contributed by atoms with Gasteiger partial charge >= 0.3 is 0 Å². The summed E-state index contributed by atoms with van der Waals surface area (Å²) in [6, 6.07) is 26.5. The van der Waals surface area contributed by atoms with E-state index in [0.29, 0.717) is 13.0 Å². The number of nitrogens with zero attached hydrogens (tertiary/aromatic N) is 1. The highest BCUT2D eigenvalue weighted by Gasteiger charge is 2.36. The average Bonchev–Trinajstić information content (AvgIpc) is 2.91. The number of halogens is 1. The summed E-state index contributed by atoms with van der Waals surface area (Å²) >= 11 is 6.12. The van der Waals surface area contributed by atoms with Crippen LogP contribution >= 0.6 is 11.6 Å². The predicted octanol–water partition coefficient (Wildman–Crippen LogP) is 6.52. The van der Waals surface area contributed by atoms with Crippen LogP contribution in [0.2, 0.25) is 5.02 Å². The Bertz CT molecular complexity index is 1110. The molecule has 1 atom stereocenters. The third kappa shape index (κ3) is 3.50. The van der Waals surface area contributed by atoms with Crippen LogP contribution in [0.25, 0.3) is 0 Å². The highest BCUT2D eigenvalue weighted by molar-refractivity contribution is 6.30. The normalized spacial score (nSPS) is 18.4. The lowest BCUT2D eigenvalue weighted by molar-refractivity contribution is -0.116. The van der Waals surface area contributed by atoms with E-state index in [2.05, 4.69) is 52.7 Å². The molecule has 1 heterocycles. The lowest BCUT2D eigenvalue weighted by Gasteiger charge is -2.35. The standard InChI is InChI=1S/C26H23ClN2O/c27-20-15-13-18(14-16-20)17-29-23-11-5-4-9-21(23)28-22-10-6-12-24(30)25(22)26(29)19-7-2-1-3-8-19/h1-5,7-9,11,13-16,26,28H,6,10,12,17H2/t26-/m0/s1. The Morgan fingerprint density at radius 2 is 1.63 bits per heavy atom. The molecule has 1 aliphatic heterocycles. The summed E-state index contributed by atoms with van der Waals surface area (Å²) in [7, 11) is 0. The lowest BCUT2D eigenvalue weighted by Crippen LogP contribution is -2.32. The Labute approximate surface area is 182 Å². The number of carbonyl (C=O) groups is 1. The highest BCUT2D eigenvalue weighted by atomic mass is 35.5. The third-order valence-corrected chi connectivity index (χ3v) is 6.17. The summed E-state index contributed by atoms with van der Waals surface area (Å²) in [5.74, 6) is 0.242. The summed E-state index contributed by atoms with van der Waals surface area (Å²) in [6.45, 7) is 0.680. The van der Waals surface area contributed by atoms with Gasteiger partial charge in [-0.3, -0.25) is 4.79 Å². The van der Waals surface area contributed by atoms with Gasteiger partial charge in [-0.2, -0.15) is 0 Å². The highest BCUT2D eigenvalue weighted by Crippen LogP contribution is 2.45. The van der Waals surface area contributed by atoms with Gasteiger partial charge in [0.25, 0.3) is 0 Å². The summed E-state index contributed by atoms with van der Waals surface area (Å²) in [4.78, 5) is 15.6. The van der Waals surface area contributed by atoms with Crippen molar-refractivity contribution in [2.75, 3.05) is 10.2 Å². The van der Waals surface area contributed by atoms with Crippen LogP contribution in [0, 0.1) is 0 Å². The minimum absolute atomic E-state index is 0.138. The molecule has 0 spiro atoms. The van der Waals surface area contributed by atoms with E-state index in [-0.39, 0.29) is 11.8 Å². The van der Waals surface area contributed by atoms with Gasteiger partial charge < -0.3 is 10.2 Å². The van der Waals surface area contributed by atoms with Gasteiger partial charge in [0, 0.05) is 29.3 Å². The maximum Gasteiger partial charge on any atom is 0.163 e. The Morgan fingerprint density at radius 1 is 0.900 bits per heavy atom. The van der Waals surface area contributed by atoms with Crippen molar-refractivity contribution in [3.8, 4) is 0 Å². The van der Waals surface area contributed by atoms with Gasteiger partial charge in [0.05, 0.1) is 17.4 Å². The largest absolute Gasteiger partial charge is 0.357 e. The van der Waals surface area contributed by atoms with E-state index in [1.54, 1.807) is 0 Å². The average molecular weight is 415 g/mol. The molecule has 0 aromatic heterocycles. The van der Waals surface area contributed by atoms with Gasteiger partial charge in [0.15, 0.2) is 5.78 Å². The van der Waals surface area contributed by atoms with E-state index in [1.807, 2.05) is 36.4 Å². The quantitative estimate of drug-likeness (QED) is 0.529. The molecular formula is C26H23ClN2O. The zero-order chi connectivity index (χ0) is 20.5. The van der Waals surface area contributed by atoms with E-state index < -0.39 is 0 Å². The van der Waals surface area contributed by atoms with Crippen molar-refractivity contribution in [2.45, 2.75) is 31.8 Å². The number of allylic oxidation sites excluding steroid dienone is 1. The van der Waals surface area contributed by atoms with Crippen molar-refractivity contribution in [1.29, 1.82) is 0 Å². The zero-order valence-electron chi connectivity index (χ0n) is 16.6. The number of benzene rings is 3. The van der Waals surface area contributed by atoms with E-state index in [9.17, 15) is 4.79 Å². The number of ketones is 1. The summed E-state index contributed by atoms with van der Waals surface area (Å²) in [6.07, 6.45) is 2.40. The Balaban J connectivity index is 1.71. The predicted molar refractivity (Wildman–Crippen MR) is 123 cm³/mol. The Hall–Kier alpha value is -3.04. The van der Waals surface area contributed by atoms with Crippen LogP contribution in [0.3, 0.4) is 0 Å². The van der Waals surface area contributed by atoms with Crippen LogP contribution in [0.4, 0.5) is 11.4 Å². The van der Waals surface area contributed by atoms with E-state index in [4.69, 9.17) is 11.6 Å². The number of Topliss-reactive ketones (excluding diaryl/α,β-unsaturated/α-hetero) is 1. The fourth-order valence-electron chi connectivity index (χ4n) is 4.54. The van der Waals surface area contributed by atoms with Crippen LogP contribution in [0.15, 0.2) is 90.1 Å². The number of hydrogen-bond donors (Lipinski definition) is 1. The van der Waals surface area contributed by atoms with Gasteiger partial charge in [0.2, 0.25) is 0 Å². The number of carbonyl (C=O) groups excluding carboxylic acids is 1. The molecule has 2 aliphatic rings. The minimum atomic E-state index is -0.138. The molecule has 0 amide bonds. The van der Waals surface area contributed by atoms with Crippen LogP contribution in [0.1, 0.15) is 36.4 Å². The molecule has 3 aromatic carbocycles. The van der Waals surface area contributed by atoms with Crippen LogP contribution in [-0.2, 0) is 11.3 Å².